The Hall–Kier alpha value is -0.700. The molecule has 0 spiro atoms. The first-order valence-corrected chi connectivity index (χ1v) is 8.22. The maximum Gasteiger partial charge on any atom is 0.236 e. The van der Waals surface area contributed by atoms with Gasteiger partial charge in [-0.25, -0.2) is 4.98 Å². The number of carbonyl (C=O) groups excluding carboxylic acids is 1. The third-order valence-corrected chi connectivity index (χ3v) is 4.98. The van der Waals surface area contributed by atoms with Gasteiger partial charge in [0.1, 0.15) is 4.32 Å². The van der Waals surface area contributed by atoms with Crippen molar-refractivity contribution in [2.75, 3.05) is 44.3 Å². The van der Waals surface area contributed by atoms with Gasteiger partial charge in [-0.05, 0) is 7.05 Å². The number of rotatable bonds is 3. The predicted octanol–water partition coefficient (Wildman–Crippen LogP) is 1.35. The average molecular weight is 316 g/mol. The molecule has 1 N–H and O–H groups in total. The van der Waals surface area contributed by atoms with E-state index in [-0.39, 0.29) is 5.91 Å². The Balaban J connectivity index is 1.70. The second-order valence-corrected chi connectivity index (χ2v) is 6.73. The number of nitrogens with zero attached hydrogens (tertiary/aromatic N) is 3. The second kappa shape index (κ2) is 7.18. The Labute approximate surface area is 126 Å². The van der Waals surface area contributed by atoms with E-state index in [1.165, 1.54) is 23.1 Å². The molecule has 1 saturated heterocycles. The molecule has 0 radical (unpaired) electrons. The van der Waals surface area contributed by atoms with E-state index in [9.17, 15) is 4.79 Å². The fourth-order valence-corrected chi connectivity index (χ4v) is 3.24. The lowest BCUT2D eigenvalue weighted by molar-refractivity contribution is -0.113. The number of anilines is 1. The SMILES string of the molecule is CN1CCN(C(=S)SCC(=O)Nc2nccs2)CC1. The van der Waals surface area contributed by atoms with Gasteiger partial charge in [0.05, 0.1) is 5.75 Å². The Morgan fingerprint density at radius 3 is 2.89 bits per heavy atom. The normalized spacial score (nSPS) is 16.4. The predicted molar refractivity (Wildman–Crippen MR) is 84.9 cm³/mol. The van der Waals surface area contributed by atoms with Gasteiger partial charge in [0.15, 0.2) is 5.13 Å². The number of thiocarbonyl (C=S) groups is 1. The minimum Gasteiger partial charge on any atom is -0.355 e. The molecular formula is C11H16N4OS3. The van der Waals surface area contributed by atoms with E-state index >= 15 is 0 Å². The molecule has 0 saturated carbocycles. The van der Waals surface area contributed by atoms with Crippen LogP contribution in [0.3, 0.4) is 0 Å². The largest absolute Gasteiger partial charge is 0.355 e. The standard InChI is InChI=1S/C11H16N4OS3/c1-14-3-5-15(6-4-14)11(17)19-8-9(16)13-10-12-2-7-18-10/h2,7H,3-6,8H2,1H3,(H,12,13,16). The minimum absolute atomic E-state index is 0.0589. The number of carbonyl (C=O) groups is 1. The fourth-order valence-electron chi connectivity index (χ4n) is 1.65. The topological polar surface area (TPSA) is 48.5 Å². The number of hydrogen-bond donors (Lipinski definition) is 1. The quantitative estimate of drug-likeness (QED) is 0.850. The van der Waals surface area contributed by atoms with Crippen molar-refractivity contribution >= 4 is 50.7 Å². The van der Waals surface area contributed by atoms with Crippen LogP contribution in [0.1, 0.15) is 0 Å². The van der Waals surface area contributed by atoms with Crippen LogP contribution in [0.15, 0.2) is 11.6 Å². The summed E-state index contributed by atoms with van der Waals surface area (Å²) in [7, 11) is 2.11. The van der Waals surface area contributed by atoms with Gasteiger partial charge in [0.2, 0.25) is 5.91 Å². The molecule has 8 heteroatoms. The van der Waals surface area contributed by atoms with Crippen LogP contribution < -0.4 is 5.32 Å². The first kappa shape index (κ1) is 14.7. The zero-order valence-electron chi connectivity index (χ0n) is 10.7. The van der Waals surface area contributed by atoms with Gasteiger partial charge in [0.25, 0.3) is 0 Å². The Kier molecular flexibility index (Phi) is 5.56. The number of thioether (sulfide) groups is 1. The van der Waals surface area contributed by atoms with Crippen LogP contribution in [0.5, 0.6) is 0 Å². The lowest BCUT2D eigenvalue weighted by atomic mass is 10.4. The summed E-state index contributed by atoms with van der Waals surface area (Å²) in [6.07, 6.45) is 1.67. The monoisotopic (exact) mass is 316 g/mol. The molecule has 0 aliphatic carbocycles. The summed E-state index contributed by atoms with van der Waals surface area (Å²) in [6.45, 7) is 3.92. The maximum atomic E-state index is 11.7. The minimum atomic E-state index is -0.0589. The molecule has 1 aromatic rings. The molecule has 0 unspecified atom stereocenters. The zero-order chi connectivity index (χ0) is 13.7. The number of aromatic nitrogens is 1. The Morgan fingerprint density at radius 2 is 2.26 bits per heavy atom. The van der Waals surface area contributed by atoms with Crippen molar-refractivity contribution in [2.45, 2.75) is 0 Å². The summed E-state index contributed by atoms with van der Waals surface area (Å²) >= 11 is 8.19. The van der Waals surface area contributed by atoms with Gasteiger partial charge in [0, 0.05) is 37.8 Å². The molecule has 1 fully saturated rings. The van der Waals surface area contributed by atoms with Crippen molar-refractivity contribution in [3.05, 3.63) is 11.6 Å². The number of thiazole rings is 1. The van der Waals surface area contributed by atoms with Gasteiger partial charge in [-0.15, -0.1) is 11.3 Å². The van der Waals surface area contributed by atoms with Crippen molar-refractivity contribution in [3.8, 4) is 0 Å². The van der Waals surface area contributed by atoms with E-state index in [2.05, 4.69) is 27.1 Å². The molecule has 1 amide bonds. The smallest absolute Gasteiger partial charge is 0.236 e. The molecule has 104 valence electrons. The van der Waals surface area contributed by atoms with Gasteiger partial charge < -0.3 is 15.1 Å². The number of nitrogens with one attached hydrogen (secondary N) is 1. The number of likely N-dealkylation sites (N-methyl/N-ethyl adjacent to an activating group) is 1. The first-order chi connectivity index (χ1) is 9.15. The summed E-state index contributed by atoms with van der Waals surface area (Å²) in [6, 6.07) is 0. The van der Waals surface area contributed by atoms with Crippen LogP contribution in [0, 0.1) is 0 Å². The molecule has 2 heterocycles. The van der Waals surface area contributed by atoms with Crippen LogP contribution in [0.4, 0.5) is 5.13 Å². The van der Waals surface area contributed by atoms with Gasteiger partial charge in [-0.3, -0.25) is 4.79 Å². The second-order valence-electron chi connectivity index (χ2n) is 4.23. The molecule has 5 nitrogen and oxygen atoms in total. The maximum absolute atomic E-state index is 11.7. The van der Waals surface area contributed by atoms with E-state index in [0.29, 0.717) is 10.9 Å². The van der Waals surface area contributed by atoms with Crippen molar-refractivity contribution in [1.29, 1.82) is 0 Å². The molecular weight excluding hydrogens is 300 g/mol. The van der Waals surface area contributed by atoms with Crippen molar-refractivity contribution < 1.29 is 4.79 Å². The molecule has 0 atom stereocenters. The van der Waals surface area contributed by atoms with Crippen LogP contribution in [0.2, 0.25) is 0 Å². The summed E-state index contributed by atoms with van der Waals surface area (Å²) in [4.78, 5) is 20.1. The number of hydrogen-bond acceptors (Lipinski definition) is 6. The lowest BCUT2D eigenvalue weighted by Crippen LogP contribution is -2.46. The highest BCUT2D eigenvalue weighted by molar-refractivity contribution is 8.23. The first-order valence-electron chi connectivity index (χ1n) is 5.95. The van der Waals surface area contributed by atoms with Gasteiger partial charge >= 0.3 is 0 Å². The summed E-state index contributed by atoms with van der Waals surface area (Å²) in [5.41, 5.74) is 0. The molecule has 1 aliphatic heterocycles. The van der Waals surface area contributed by atoms with Crippen molar-refractivity contribution in [1.82, 2.24) is 14.8 Å². The highest BCUT2D eigenvalue weighted by Crippen LogP contribution is 2.14. The van der Waals surface area contributed by atoms with E-state index in [1.807, 2.05) is 5.38 Å². The number of piperazine rings is 1. The van der Waals surface area contributed by atoms with Gasteiger partial charge in [-0.2, -0.15) is 0 Å². The Bertz CT molecular complexity index is 429. The highest BCUT2D eigenvalue weighted by atomic mass is 32.2. The zero-order valence-corrected chi connectivity index (χ0v) is 13.1. The molecule has 2 rings (SSSR count). The van der Waals surface area contributed by atoms with Crippen molar-refractivity contribution in [2.24, 2.45) is 0 Å². The molecule has 1 aliphatic rings. The molecule has 1 aromatic heterocycles. The van der Waals surface area contributed by atoms with E-state index in [1.54, 1.807) is 6.20 Å². The average Bonchev–Trinajstić information content (AvgIpc) is 2.89. The van der Waals surface area contributed by atoms with E-state index in [0.717, 1.165) is 30.5 Å². The van der Waals surface area contributed by atoms with Crippen LogP contribution in [-0.4, -0.2) is 64.0 Å². The fraction of sp³-hybridized carbons (Fsp3) is 0.545. The van der Waals surface area contributed by atoms with E-state index in [4.69, 9.17) is 12.2 Å². The highest BCUT2D eigenvalue weighted by Gasteiger charge is 2.17. The van der Waals surface area contributed by atoms with Crippen LogP contribution >= 0.6 is 35.3 Å². The van der Waals surface area contributed by atoms with E-state index < -0.39 is 0 Å². The summed E-state index contributed by atoms with van der Waals surface area (Å²) in [5.74, 6) is 0.279. The third kappa shape index (κ3) is 4.72. The summed E-state index contributed by atoms with van der Waals surface area (Å²) in [5, 5.41) is 5.21. The van der Waals surface area contributed by atoms with Crippen LogP contribution in [0.25, 0.3) is 0 Å². The third-order valence-electron chi connectivity index (χ3n) is 2.77. The number of amides is 1. The van der Waals surface area contributed by atoms with Crippen molar-refractivity contribution in [3.63, 3.8) is 0 Å². The molecule has 0 aromatic carbocycles. The lowest BCUT2D eigenvalue weighted by Gasteiger charge is -2.33. The van der Waals surface area contributed by atoms with Gasteiger partial charge in [-0.1, -0.05) is 24.0 Å². The molecule has 0 bridgehead atoms. The van der Waals surface area contributed by atoms with Crippen LogP contribution in [-0.2, 0) is 4.79 Å². The molecule has 19 heavy (non-hydrogen) atoms. The Morgan fingerprint density at radius 1 is 1.53 bits per heavy atom. The summed E-state index contributed by atoms with van der Waals surface area (Å²) < 4.78 is 0.808.